The van der Waals surface area contributed by atoms with Crippen molar-refractivity contribution in [1.29, 1.82) is 0 Å². The van der Waals surface area contributed by atoms with E-state index in [1.165, 1.54) is 0 Å². The van der Waals surface area contributed by atoms with Gasteiger partial charge in [-0.15, -0.1) is 5.10 Å². The average Bonchev–Trinajstić information content (AvgIpc) is 2.97. The first-order valence-corrected chi connectivity index (χ1v) is 7.04. The van der Waals surface area contributed by atoms with Crippen molar-refractivity contribution in [1.82, 2.24) is 25.0 Å². The molecule has 1 aromatic carbocycles. The van der Waals surface area contributed by atoms with Gasteiger partial charge in [0.05, 0.1) is 17.6 Å². The molecule has 2 heterocycles. The Hall–Kier alpha value is -2.27. The van der Waals surface area contributed by atoms with Crippen LogP contribution in [-0.4, -0.2) is 25.0 Å². The van der Waals surface area contributed by atoms with Crippen LogP contribution in [0.2, 0.25) is 5.15 Å². The molecule has 0 spiro atoms. The zero-order valence-electron chi connectivity index (χ0n) is 11.7. The van der Waals surface area contributed by atoms with Gasteiger partial charge in [-0.3, -0.25) is 0 Å². The van der Waals surface area contributed by atoms with Crippen molar-refractivity contribution in [3.8, 4) is 17.1 Å². The van der Waals surface area contributed by atoms with Gasteiger partial charge in [0.25, 0.3) is 0 Å². The van der Waals surface area contributed by atoms with Gasteiger partial charge in [0.15, 0.2) is 0 Å². The Bertz CT molecular complexity index is 752. The van der Waals surface area contributed by atoms with Crippen LogP contribution in [0.5, 0.6) is 0 Å². The van der Waals surface area contributed by atoms with Crippen LogP contribution >= 0.6 is 11.6 Å². The molecule has 0 bridgehead atoms. The third kappa shape index (κ3) is 2.78. The lowest BCUT2D eigenvalue weighted by Gasteiger charge is -2.09. The maximum Gasteiger partial charge on any atom is 0.133 e. The number of para-hydroxylation sites is 1. The van der Waals surface area contributed by atoms with Gasteiger partial charge in [-0.05, 0) is 12.1 Å². The third-order valence-electron chi connectivity index (χ3n) is 3.04. The summed E-state index contributed by atoms with van der Waals surface area (Å²) in [6, 6.07) is 11.5. The molecule has 5 nitrogen and oxygen atoms in total. The maximum absolute atomic E-state index is 6.11. The standard InChI is InChI=1S/C15H14ClN5/c1-10(2)15-18-12(8-14(16)19-15)13-9-17-20-21(13)11-6-4-3-5-7-11/h3-10H,1-2H3. The molecule has 0 fully saturated rings. The van der Waals surface area contributed by atoms with Crippen LogP contribution < -0.4 is 0 Å². The first kappa shape index (κ1) is 13.7. The van der Waals surface area contributed by atoms with E-state index in [2.05, 4.69) is 20.3 Å². The van der Waals surface area contributed by atoms with E-state index in [9.17, 15) is 0 Å². The molecule has 21 heavy (non-hydrogen) atoms. The summed E-state index contributed by atoms with van der Waals surface area (Å²) in [7, 11) is 0. The minimum atomic E-state index is 0.198. The molecular weight excluding hydrogens is 286 g/mol. The predicted octanol–water partition coefficient (Wildman–Crippen LogP) is 3.50. The van der Waals surface area contributed by atoms with Gasteiger partial charge in [-0.25, -0.2) is 14.6 Å². The minimum Gasteiger partial charge on any atom is -0.231 e. The predicted molar refractivity (Wildman–Crippen MR) is 81.5 cm³/mol. The smallest absolute Gasteiger partial charge is 0.133 e. The van der Waals surface area contributed by atoms with E-state index in [1.807, 2.05) is 44.2 Å². The van der Waals surface area contributed by atoms with Crippen LogP contribution in [-0.2, 0) is 0 Å². The maximum atomic E-state index is 6.11. The highest BCUT2D eigenvalue weighted by Crippen LogP contribution is 2.23. The molecule has 0 unspecified atom stereocenters. The molecule has 106 valence electrons. The topological polar surface area (TPSA) is 56.5 Å². The van der Waals surface area contributed by atoms with E-state index in [4.69, 9.17) is 11.6 Å². The van der Waals surface area contributed by atoms with E-state index >= 15 is 0 Å². The summed E-state index contributed by atoms with van der Waals surface area (Å²) in [4.78, 5) is 8.82. The fraction of sp³-hybridized carbons (Fsp3) is 0.200. The molecule has 0 saturated carbocycles. The number of hydrogen-bond acceptors (Lipinski definition) is 4. The second kappa shape index (κ2) is 5.61. The number of benzene rings is 1. The lowest BCUT2D eigenvalue weighted by molar-refractivity contribution is 0.770. The van der Waals surface area contributed by atoms with E-state index in [1.54, 1.807) is 16.9 Å². The van der Waals surface area contributed by atoms with Gasteiger partial charge in [0, 0.05) is 12.0 Å². The molecule has 0 atom stereocenters. The number of rotatable bonds is 3. The molecule has 0 saturated heterocycles. The van der Waals surface area contributed by atoms with Gasteiger partial charge >= 0.3 is 0 Å². The van der Waals surface area contributed by atoms with Crippen molar-refractivity contribution in [2.24, 2.45) is 0 Å². The van der Waals surface area contributed by atoms with E-state index in [0.29, 0.717) is 16.7 Å². The van der Waals surface area contributed by atoms with Crippen molar-refractivity contribution in [3.05, 3.63) is 53.6 Å². The SMILES string of the molecule is CC(C)c1nc(Cl)cc(-c2cnnn2-c2ccccc2)n1. The summed E-state index contributed by atoms with van der Waals surface area (Å²) in [5.74, 6) is 0.904. The fourth-order valence-electron chi connectivity index (χ4n) is 1.99. The largest absolute Gasteiger partial charge is 0.231 e. The summed E-state index contributed by atoms with van der Waals surface area (Å²) in [6.45, 7) is 4.06. The minimum absolute atomic E-state index is 0.198. The van der Waals surface area contributed by atoms with E-state index in [-0.39, 0.29) is 5.92 Å². The molecule has 0 radical (unpaired) electrons. The van der Waals surface area contributed by atoms with Gasteiger partial charge < -0.3 is 0 Å². The Kier molecular flexibility index (Phi) is 3.66. The zero-order valence-corrected chi connectivity index (χ0v) is 12.5. The van der Waals surface area contributed by atoms with Crippen molar-refractivity contribution in [2.45, 2.75) is 19.8 Å². The Morgan fingerprint density at radius 1 is 1.10 bits per heavy atom. The number of hydrogen-bond donors (Lipinski definition) is 0. The van der Waals surface area contributed by atoms with E-state index < -0.39 is 0 Å². The van der Waals surface area contributed by atoms with Crippen LogP contribution in [0.3, 0.4) is 0 Å². The zero-order chi connectivity index (χ0) is 14.8. The second-order valence-electron chi connectivity index (χ2n) is 4.96. The summed E-state index contributed by atoms with van der Waals surface area (Å²) in [5.41, 5.74) is 2.42. The highest BCUT2D eigenvalue weighted by atomic mass is 35.5. The molecule has 0 aliphatic carbocycles. The molecule has 0 aliphatic heterocycles. The second-order valence-corrected chi connectivity index (χ2v) is 5.34. The highest BCUT2D eigenvalue weighted by Gasteiger charge is 2.13. The van der Waals surface area contributed by atoms with Crippen molar-refractivity contribution in [2.75, 3.05) is 0 Å². The Balaban J connectivity index is 2.12. The molecule has 0 N–H and O–H groups in total. The van der Waals surface area contributed by atoms with Gasteiger partial charge in [0.2, 0.25) is 0 Å². The van der Waals surface area contributed by atoms with Crippen molar-refractivity contribution < 1.29 is 0 Å². The van der Waals surface area contributed by atoms with Crippen LogP contribution in [0.1, 0.15) is 25.6 Å². The summed E-state index contributed by atoms with van der Waals surface area (Å²) < 4.78 is 1.74. The quantitative estimate of drug-likeness (QED) is 0.695. The number of nitrogens with zero attached hydrogens (tertiary/aromatic N) is 5. The van der Waals surface area contributed by atoms with Crippen LogP contribution in [0.15, 0.2) is 42.6 Å². The molecular formula is C15H14ClN5. The lowest BCUT2D eigenvalue weighted by atomic mass is 10.2. The van der Waals surface area contributed by atoms with Crippen molar-refractivity contribution in [3.63, 3.8) is 0 Å². The van der Waals surface area contributed by atoms with Gasteiger partial charge in [-0.1, -0.05) is 48.9 Å². The molecule has 0 aliphatic rings. The lowest BCUT2D eigenvalue weighted by Crippen LogP contribution is -2.03. The number of aromatic nitrogens is 5. The summed E-state index contributed by atoms with van der Waals surface area (Å²) in [5, 5.41) is 8.54. The fourth-order valence-corrected chi connectivity index (χ4v) is 2.18. The van der Waals surface area contributed by atoms with Gasteiger partial charge in [0.1, 0.15) is 16.7 Å². The summed E-state index contributed by atoms with van der Waals surface area (Å²) in [6.07, 6.45) is 1.68. The molecule has 6 heteroatoms. The monoisotopic (exact) mass is 299 g/mol. The van der Waals surface area contributed by atoms with Crippen LogP contribution in [0.25, 0.3) is 17.1 Å². The summed E-state index contributed by atoms with van der Waals surface area (Å²) >= 11 is 6.11. The molecule has 3 rings (SSSR count). The third-order valence-corrected chi connectivity index (χ3v) is 3.23. The molecule has 0 amide bonds. The van der Waals surface area contributed by atoms with Crippen LogP contribution in [0, 0.1) is 0 Å². The Labute approximate surface area is 127 Å². The molecule has 2 aromatic heterocycles. The van der Waals surface area contributed by atoms with Crippen LogP contribution in [0.4, 0.5) is 0 Å². The average molecular weight is 300 g/mol. The van der Waals surface area contributed by atoms with Gasteiger partial charge in [-0.2, -0.15) is 0 Å². The number of halogens is 1. The van der Waals surface area contributed by atoms with E-state index in [0.717, 1.165) is 11.4 Å². The highest BCUT2D eigenvalue weighted by molar-refractivity contribution is 6.29. The molecule has 3 aromatic rings. The first-order chi connectivity index (χ1) is 10.1. The Morgan fingerprint density at radius 3 is 2.57 bits per heavy atom. The van der Waals surface area contributed by atoms with Crippen molar-refractivity contribution >= 4 is 11.6 Å². The Morgan fingerprint density at radius 2 is 1.86 bits per heavy atom. The normalized spacial score (nSPS) is 11.0. The first-order valence-electron chi connectivity index (χ1n) is 6.66.